The van der Waals surface area contributed by atoms with Crippen molar-refractivity contribution in [1.29, 1.82) is 0 Å². The van der Waals surface area contributed by atoms with Crippen LogP contribution in [0, 0.1) is 12.3 Å². The second-order valence-corrected chi connectivity index (χ2v) is 5.48. The molecule has 1 aliphatic heterocycles. The molecule has 1 aliphatic rings. The number of ether oxygens (including phenoxy) is 2. The van der Waals surface area contributed by atoms with E-state index in [1.165, 1.54) is 0 Å². The summed E-state index contributed by atoms with van der Waals surface area (Å²) in [5.41, 5.74) is 0.916. The number of hydrogen-bond acceptors (Lipinski definition) is 3. The van der Waals surface area contributed by atoms with Gasteiger partial charge in [0.05, 0.1) is 10.4 Å². The molecule has 4 nitrogen and oxygen atoms in total. The van der Waals surface area contributed by atoms with E-state index in [-0.39, 0.29) is 6.79 Å². The summed E-state index contributed by atoms with van der Waals surface area (Å²) in [7, 11) is 0. The summed E-state index contributed by atoms with van der Waals surface area (Å²) in [4.78, 5) is 11.2. The van der Waals surface area contributed by atoms with Crippen LogP contribution in [0.1, 0.15) is 25.0 Å². The normalized spacial score (nSPS) is 13.8. The lowest BCUT2D eigenvalue weighted by Crippen LogP contribution is -2.26. The van der Waals surface area contributed by atoms with Crippen LogP contribution in [0.5, 0.6) is 11.5 Å². The largest absolute Gasteiger partial charge is 0.481 e. The fourth-order valence-electron chi connectivity index (χ4n) is 1.94. The Labute approximate surface area is 110 Å². The number of benzene rings is 1. The minimum atomic E-state index is -0.845. The summed E-state index contributed by atoms with van der Waals surface area (Å²) in [5, 5.41) is 9.63. The van der Waals surface area contributed by atoms with Crippen molar-refractivity contribution in [2.75, 3.05) is 6.79 Å². The van der Waals surface area contributed by atoms with Gasteiger partial charge in [-0.3, -0.25) is 4.79 Å². The maximum atomic E-state index is 11.2. The van der Waals surface area contributed by atoms with Gasteiger partial charge in [-0.25, -0.2) is 0 Å². The maximum absolute atomic E-state index is 11.2. The third kappa shape index (κ3) is 2.12. The predicted molar refractivity (Wildman–Crippen MR) is 67.4 cm³/mol. The molecule has 0 amide bonds. The molecular weight excluding hydrogens is 256 g/mol. The number of carbonyl (C=O) groups is 1. The molecule has 1 heterocycles. The van der Waals surface area contributed by atoms with E-state index < -0.39 is 11.4 Å². The van der Waals surface area contributed by atoms with E-state index >= 15 is 0 Å². The number of hydrogen-bond donors (Lipinski definition) is 1. The Morgan fingerprint density at radius 1 is 1.44 bits per heavy atom. The smallest absolute Gasteiger partial charge is 0.309 e. The molecule has 0 saturated heterocycles. The Morgan fingerprint density at radius 3 is 2.67 bits per heavy atom. The van der Waals surface area contributed by atoms with Crippen LogP contribution in [0.3, 0.4) is 0 Å². The molecule has 0 spiro atoms. The van der Waals surface area contributed by atoms with Gasteiger partial charge in [-0.2, -0.15) is 0 Å². The molecule has 0 fully saturated rings. The highest BCUT2D eigenvalue weighted by atomic mass is 35.5. The predicted octanol–water partition coefficient (Wildman–Crippen LogP) is 3.03. The summed E-state index contributed by atoms with van der Waals surface area (Å²) < 4.78 is 10.6. The Balaban J connectivity index is 2.42. The van der Waals surface area contributed by atoms with Crippen LogP contribution in [-0.2, 0) is 11.2 Å². The zero-order valence-electron chi connectivity index (χ0n) is 10.5. The lowest BCUT2D eigenvalue weighted by Gasteiger charge is -2.21. The molecule has 5 heteroatoms. The average molecular weight is 271 g/mol. The Morgan fingerprint density at radius 2 is 2.06 bits per heavy atom. The summed E-state index contributed by atoms with van der Waals surface area (Å²) in [6.45, 7) is 5.42. The SMILES string of the molecule is Cc1c(CC(C)(C)C(=O)O)cc(Cl)c2c1OCO2. The fraction of sp³-hybridized carbons (Fsp3) is 0.462. The van der Waals surface area contributed by atoms with Gasteiger partial charge in [-0.05, 0) is 44.4 Å². The van der Waals surface area contributed by atoms with Crippen LogP contribution in [0.2, 0.25) is 5.02 Å². The second kappa shape index (κ2) is 4.35. The number of carboxylic acids is 1. The van der Waals surface area contributed by atoms with Gasteiger partial charge in [0.25, 0.3) is 0 Å². The van der Waals surface area contributed by atoms with Crippen LogP contribution in [0.4, 0.5) is 0 Å². The molecular formula is C13H15ClO4. The lowest BCUT2D eigenvalue weighted by atomic mass is 9.84. The van der Waals surface area contributed by atoms with E-state index in [0.717, 1.165) is 11.1 Å². The minimum Gasteiger partial charge on any atom is -0.481 e. The molecule has 0 unspecified atom stereocenters. The minimum absolute atomic E-state index is 0.154. The monoisotopic (exact) mass is 270 g/mol. The molecule has 1 aromatic rings. The number of carboxylic acid groups (broad SMARTS) is 1. The average Bonchev–Trinajstić information content (AvgIpc) is 2.74. The molecule has 0 aliphatic carbocycles. The molecule has 2 rings (SSSR count). The number of halogens is 1. The van der Waals surface area contributed by atoms with Gasteiger partial charge in [-0.1, -0.05) is 11.6 Å². The van der Waals surface area contributed by atoms with Crippen molar-refractivity contribution in [2.24, 2.45) is 5.41 Å². The van der Waals surface area contributed by atoms with Crippen molar-refractivity contribution < 1.29 is 19.4 Å². The van der Waals surface area contributed by atoms with E-state index in [1.807, 2.05) is 6.92 Å². The standard InChI is InChI=1S/C13H15ClO4/c1-7-8(5-13(2,3)12(15)16)4-9(14)11-10(7)17-6-18-11/h4H,5-6H2,1-3H3,(H,15,16). The van der Waals surface area contributed by atoms with Crippen LogP contribution >= 0.6 is 11.6 Å². The molecule has 0 saturated carbocycles. The van der Waals surface area contributed by atoms with Gasteiger partial charge in [0.15, 0.2) is 11.5 Å². The summed E-state index contributed by atoms with van der Waals surface area (Å²) >= 11 is 6.10. The number of fused-ring (bicyclic) bond motifs is 1. The molecule has 0 aromatic heterocycles. The van der Waals surface area contributed by atoms with Gasteiger partial charge in [0.2, 0.25) is 6.79 Å². The molecule has 0 bridgehead atoms. The van der Waals surface area contributed by atoms with Gasteiger partial charge in [0, 0.05) is 0 Å². The van der Waals surface area contributed by atoms with Crippen molar-refractivity contribution in [1.82, 2.24) is 0 Å². The molecule has 1 aromatic carbocycles. The zero-order chi connectivity index (χ0) is 13.5. The van der Waals surface area contributed by atoms with Crippen LogP contribution in [0.25, 0.3) is 0 Å². The van der Waals surface area contributed by atoms with Crippen molar-refractivity contribution >= 4 is 17.6 Å². The first-order valence-electron chi connectivity index (χ1n) is 5.64. The molecule has 1 N–H and O–H groups in total. The van der Waals surface area contributed by atoms with E-state index in [1.54, 1.807) is 19.9 Å². The number of rotatable bonds is 3. The number of aliphatic carboxylic acids is 1. The van der Waals surface area contributed by atoms with E-state index in [9.17, 15) is 4.79 Å². The first-order chi connectivity index (χ1) is 8.33. The van der Waals surface area contributed by atoms with Crippen molar-refractivity contribution in [3.8, 4) is 11.5 Å². The Bertz CT molecular complexity index is 508. The van der Waals surface area contributed by atoms with Gasteiger partial charge < -0.3 is 14.6 Å². The van der Waals surface area contributed by atoms with Crippen molar-refractivity contribution in [2.45, 2.75) is 27.2 Å². The fourth-order valence-corrected chi connectivity index (χ4v) is 2.21. The van der Waals surface area contributed by atoms with E-state index in [0.29, 0.717) is 22.9 Å². The third-order valence-corrected chi connectivity index (χ3v) is 3.44. The summed E-state index contributed by atoms with van der Waals surface area (Å²) in [6, 6.07) is 1.76. The van der Waals surface area contributed by atoms with Crippen LogP contribution < -0.4 is 9.47 Å². The summed E-state index contributed by atoms with van der Waals surface area (Å²) in [5.74, 6) is 0.334. The highest BCUT2D eigenvalue weighted by Crippen LogP contribution is 2.44. The van der Waals surface area contributed by atoms with E-state index in [2.05, 4.69) is 0 Å². The topological polar surface area (TPSA) is 55.8 Å². The van der Waals surface area contributed by atoms with Crippen molar-refractivity contribution in [3.63, 3.8) is 0 Å². The van der Waals surface area contributed by atoms with Gasteiger partial charge >= 0.3 is 5.97 Å². The highest BCUT2D eigenvalue weighted by Gasteiger charge is 2.30. The summed E-state index contributed by atoms with van der Waals surface area (Å²) in [6.07, 6.45) is 0.393. The Hall–Kier alpha value is -1.42. The van der Waals surface area contributed by atoms with E-state index in [4.69, 9.17) is 26.2 Å². The molecule has 0 radical (unpaired) electrons. The molecule has 0 atom stereocenters. The van der Waals surface area contributed by atoms with Crippen LogP contribution in [-0.4, -0.2) is 17.9 Å². The second-order valence-electron chi connectivity index (χ2n) is 5.07. The Kier molecular flexibility index (Phi) is 3.15. The third-order valence-electron chi connectivity index (χ3n) is 3.16. The lowest BCUT2D eigenvalue weighted by molar-refractivity contribution is -0.146. The maximum Gasteiger partial charge on any atom is 0.309 e. The molecule has 98 valence electrons. The molecule has 18 heavy (non-hydrogen) atoms. The van der Waals surface area contributed by atoms with Crippen LogP contribution in [0.15, 0.2) is 6.07 Å². The zero-order valence-corrected chi connectivity index (χ0v) is 11.3. The van der Waals surface area contributed by atoms with Gasteiger partial charge in [-0.15, -0.1) is 0 Å². The first-order valence-corrected chi connectivity index (χ1v) is 6.01. The van der Waals surface area contributed by atoms with Gasteiger partial charge in [0.1, 0.15) is 0 Å². The quantitative estimate of drug-likeness (QED) is 0.917. The van der Waals surface area contributed by atoms with Crippen molar-refractivity contribution in [3.05, 3.63) is 22.2 Å². The highest BCUT2D eigenvalue weighted by molar-refractivity contribution is 6.32. The first kappa shape index (κ1) is 13.0.